The fourth-order valence-corrected chi connectivity index (χ4v) is 10.2. The van der Waals surface area contributed by atoms with Crippen molar-refractivity contribution in [2.75, 3.05) is 4.90 Å². The third-order valence-corrected chi connectivity index (χ3v) is 14.0. The summed E-state index contributed by atoms with van der Waals surface area (Å²) >= 11 is 0. The lowest BCUT2D eigenvalue weighted by atomic mass is 9.78. The highest BCUT2D eigenvalue weighted by atomic mass is 16.3. The lowest BCUT2D eigenvalue weighted by Gasteiger charge is -2.29. The molecule has 334 valence electrons. The molecule has 0 aliphatic heterocycles. The summed E-state index contributed by atoms with van der Waals surface area (Å²) in [6, 6.07) is 77.2. The average Bonchev–Trinajstić information content (AvgIpc) is 3.94. The maximum Gasteiger partial charge on any atom is 0.136 e. The van der Waals surface area contributed by atoms with Crippen LogP contribution in [0.3, 0.4) is 0 Å². The number of hydrogen-bond acceptors (Lipinski definition) is 3. The van der Waals surface area contributed by atoms with Gasteiger partial charge in [-0.2, -0.15) is 0 Å². The number of rotatable bonds is 7. The van der Waals surface area contributed by atoms with Crippen LogP contribution in [0.1, 0.15) is 52.7 Å². The number of hydrogen-bond donors (Lipinski definition) is 0. The summed E-state index contributed by atoms with van der Waals surface area (Å²) in [6.45, 7) is 13.9. The summed E-state index contributed by atoms with van der Waals surface area (Å²) in [5.74, 6) is 0. The number of anilines is 3. The minimum absolute atomic E-state index is 0.0117. The SMILES string of the molecule is CC(C)(C)c1cc(-c2cccc3cccc(-c4ccccc4N(c4ccc(-c5ccc6c(c5)oc5ccccc56)cc4)c4ccc(-c5ccc6oc7ccccc7c6c5)cc4)c23)cc(C(C)(C)C)c1. The van der Waals surface area contributed by atoms with Gasteiger partial charge in [0.2, 0.25) is 0 Å². The average molecular weight is 892 g/mol. The number of furan rings is 2. The number of para-hydroxylation sites is 3. The van der Waals surface area contributed by atoms with Crippen molar-refractivity contribution >= 4 is 71.7 Å². The fraction of sp³-hybridized carbons (Fsp3) is 0.121. The van der Waals surface area contributed by atoms with Crippen LogP contribution in [0.4, 0.5) is 17.1 Å². The van der Waals surface area contributed by atoms with Crippen molar-refractivity contribution in [2.24, 2.45) is 0 Å². The molecule has 10 aromatic carbocycles. The Hall–Kier alpha value is -8.14. The maximum atomic E-state index is 6.32. The maximum absolute atomic E-state index is 6.32. The van der Waals surface area contributed by atoms with Crippen molar-refractivity contribution in [1.29, 1.82) is 0 Å². The second-order valence-corrected chi connectivity index (χ2v) is 20.6. The van der Waals surface area contributed by atoms with Gasteiger partial charge in [0.1, 0.15) is 22.3 Å². The van der Waals surface area contributed by atoms with Gasteiger partial charge in [-0.25, -0.2) is 0 Å². The molecule has 0 aliphatic carbocycles. The van der Waals surface area contributed by atoms with Crippen molar-refractivity contribution in [1.82, 2.24) is 0 Å². The van der Waals surface area contributed by atoms with Gasteiger partial charge in [0.15, 0.2) is 0 Å². The van der Waals surface area contributed by atoms with Crippen LogP contribution in [0.25, 0.3) is 99.2 Å². The topological polar surface area (TPSA) is 29.5 Å². The van der Waals surface area contributed by atoms with Crippen LogP contribution in [0.15, 0.2) is 221 Å². The molecule has 0 unspecified atom stereocenters. The quantitative estimate of drug-likeness (QED) is 0.160. The predicted molar refractivity (Wildman–Crippen MR) is 292 cm³/mol. The largest absolute Gasteiger partial charge is 0.456 e. The Morgan fingerprint density at radius 2 is 0.797 bits per heavy atom. The van der Waals surface area contributed by atoms with Gasteiger partial charge >= 0.3 is 0 Å². The van der Waals surface area contributed by atoms with Crippen LogP contribution < -0.4 is 4.90 Å². The van der Waals surface area contributed by atoms with E-state index >= 15 is 0 Å². The molecule has 0 bridgehead atoms. The van der Waals surface area contributed by atoms with E-state index in [0.717, 1.165) is 88.8 Å². The van der Waals surface area contributed by atoms with E-state index in [-0.39, 0.29) is 10.8 Å². The first-order chi connectivity index (χ1) is 33.4. The van der Waals surface area contributed by atoms with Crippen LogP contribution in [-0.2, 0) is 10.8 Å². The normalized spacial score (nSPS) is 12.2. The Bertz CT molecular complexity index is 3870. The molecule has 0 amide bonds. The molecule has 0 N–H and O–H groups in total. The van der Waals surface area contributed by atoms with Gasteiger partial charge in [-0.1, -0.05) is 187 Å². The Labute approximate surface area is 403 Å². The van der Waals surface area contributed by atoms with Crippen LogP contribution in [0.5, 0.6) is 0 Å². The van der Waals surface area contributed by atoms with E-state index in [2.05, 4.69) is 234 Å². The van der Waals surface area contributed by atoms with Crippen LogP contribution in [0.2, 0.25) is 0 Å². The Morgan fingerprint density at radius 1 is 0.319 bits per heavy atom. The number of nitrogens with zero attached hydrogens (tertiary/aromatic N) is 1. The monoisotopic (exact) mass is 891 g/mol. The number of fused-ring (bicyclic) bond motifs is 7. The molecule has 2 aromatic heterocycles. The highest BCUT2D eigenvalue weighted by Crippen LogP contribution is 2.46. The van der Waals surface area contributed by atoms with Crippen LogP contribution >= 0.6 is 0 Å². The van der Waals surface area contributed by atoms with E-state index in [1.807, 2.05) is 24.3 Å². The summed E-state index contributed by atoms with van der Waals surface area (Å²) < 4.78 is 12.5. The zero-order chi connectivity index (χ0) is 47.0. The first kappa shape index (κ1) is 42.2. The van der Waals surface area contributed by atoms with E-state index in [1.54, 1.807) is 0 Å². The molecule has 0 spiro atoms. The molecule has 0 radical (unpaired) electrons. The molecule has 0 fully saturated rings. The molecule has 12 rings (SSSR count). The summed E-state index contributed by atoms with van der Waals surface area (Å²) in [5, 5.41) is 6.97. The number of benzene rings is 10. The van der Waals surface area contributed by atoms with Crippen LogP contribution in [0, 0.1) is 0 Å². The van der Waals surface area contributed by atoms with Gasteiger partial charge in [-0.15, -0.1) is 0 Å². The van der Waals surface area contributed by atoms with Crippen molar-refractivity contribution in [3.05, 3.63) is 223 Å². The first-order valence-electron chi connectivity index (χ1n) is 24.1. The molecule has 2 heterocycles. The molecule has 12 aromatic rings. The standard InChI is InChI=1S/C66H53NO2/c1-65(2,3)48-37-47(38-49(41-48)66(4,5)6)52-20-13-15-44-16-14-21-57(64(44)52)53-17-7-10-22-59(53)67(50-31-25-42(26-32-50)45-30-36-62-58(39-45)55-19-9-12-24-61(55)68-62)51-33-27-43(28-34-51)46-29-35-56-54-18-8-11-23-60(54)69-63(56)40-46/h7-41H,1-6H3. The van der Waals surface area contributed by atoms with Crippen molar-refractivity contribution in [3.63, 3.8) is 0 Å². The van der Waals surface area contributed by atoms with Gasteiger partial charge < -0.3 is 13.7 Å². The van der Waals surface area contributed by atoms with Crippen molar-refractivity contribution in [2.45, 2.75) is 52.4 Å². The lowest BCUT2D eigenvalue weighted by Crippen LogP contribution is -2.16. The zero-order valence-electron chi connectivity index (χ0n) is 40.0. The van der Waals surface area contributed by atoms with E-state index in [9.17, 15) is 0 Å². The second kappa shape index (κ2) is 16.3. The Balaban J connectivity index is 1.01. The fourth-order valence-electron chi connectivity index (χ4n) is 10.2. The van der Waals surface area contributed by atoms with E-state index < -0.39 is 0 Å². The van der Waals surface area contributed by atoms with Gasteiger partial charge in [0, 0.05) is 38.5 Å². The van der Waals surface area contributed by atoms with Gasteiger partial charge in [0.25, 0.3) is 0 Å². The second-order valence-electron chi connectivity index (χ2n) is 20.6. The van der Waals surface area contributed by atoms with Crippen molar-refractivity contribution < 1.29 is 8.83 Å². The predicted octanol–water partition coefficient (Wildman–Crippen LogP) is 19.4. The molecular formula is C66H53NO2. The highest BCUT2D eigenvalue weighted by molar-refractivity contribution is 6.10. The van der Waals surface area contributed by atoms with Gasteiger partial charge in [-0.05, 0) is 138 Å². The molecule has 0 atom stereocenters. The van der Waals surface area contributed by atoms with E-state index in [4.69, 9.17) is 8.83 Å². The van der Waals surface area contributed by atoms with Crippen molar-refractivity contribution in [3.8, 4) is 44.5 Å². The smallest absolute Gasteiger partial charge is 0.136 e. The lowest BCUT2D eigenvalue weighted by molar-refractivity contribution is 0.569. The zero-order valence-corrected chi connectivity index (χ0v) is 40.0. The Kier molecular flexibility index (Phi) is 9.97. The highest BCUT2D eigenvalue weighted by Gasteiger charge is 2.24. The first-order valence-corrected chi connectivity index (χ1v) is 24.1. The Morgan fingerprint density at radius 3 is 1.43 bits per heavy atom. The minimum Gasteiger partial charge on any atom is -0.456 e. The summed E-state index contributed by atoms with van der Waals surface area (Å²) in [7, 11) is 0. The molecule has 69 heavy (non-hydrogen) atoms. The van der Waals surface area contributed by atoms with E-state index in [0.29, 0.717) is 0 Å². The third-order valence-electron chi connectivity index (χ3n) is 14.0. The van der Waals surface area contributed by atoms with Gasteiger partial charge in [-0.3, -0.25) is 0 Å². The molecular weight excluding hydrogens is 839 g/mol. The molecule has 0 saturated heterocycles. The van der Waals surface area contributed by atoms with E-state index in [1.165, 1.54) is 38.6 Å². The molecule has 3 heteroatoms. The minimum atomic E-state index is -0.0117. The molecule has 0 saturated carbocycles. The summed E-state index contributed by atoms with van der Waals surface area (Å²) in [4.78, 5) is 2.41. The van der Waals surface area contributed by atoms with Crippen LogP contribution in [-0.4, -0.2) is 0 Å². The summed E-state index contributed by atoms with van der Waals surface area (Å²) in [5.41, 5.74) is 18.8. The van der Waals surface area contributed by atoms with Gasteiger partial charge in [0.05, 0.1) is 5.69 Å². The third kappa shape index (κ3) is 7.56. The summed E-state index contributed by atoms with van der Waals surface area (Å²) in [6.07, 6.45) is 0. The molecule has 3 nitrogen and oxygen atoms in total. The molecule has 0 aliphatic rings.